The zero-order valence-corrected chi connectivity index (χ0v) is 26.2. The number of carbonyl (C=O) groups is 2. The van der Waals surface area contributed by atoms with Gasteiger partial charge < -0.3 is 29.4 Å². The number of benzene rings is 1. The molecule has 0 radical (unpaired) electrons. The Kier molecular flexibility index (Phi) is 7.25. The lowest BCUT2D eigenvalue weighted by Gasteiger charge is -2.69. The Balaban J connectivity index is 1.30. The van der Waals surface area contributed by atoms with Crippen LogP contribution in [0.2, 0.25) is 0 Å². The molecule has 9 nitrogen and oxygen atoms in total. The second-order valence-electron chi connectivity index (χ2n) is 14.2. The van der Waals surface area contributed by atoms with Crippen LogP contribution in [-0.2, 0) is 23.7 Å². The molecule has 1 aromatic rings. The van der Waals surface area contributed by atoms with Crippen molar-refractivity contribution in [2.75, 3.05) is 45.8 Å². The third-order valence-corrected chi connectivity index (χ3v) is 13.1. The first-order valence-corrected chi connectivity index (χ1v) is 16.4. The van der Waals surface area contributed by atoms with E-state index in [9.17, 15) is 14.7 Å². The van der Waals surface area contributed by atoms with Crippen molar-refractivity contribution in [1.29, 1.82) is 0 Å². The van der Waals surface area contributed by atoms with Crippen molar-refractivity contribution in [3.63, 3.8) is 0 Å². The highest BCUT2D eigenvalue weighted by Gasteiger charge is 2.84. The zero-order chi connectivity index (χ0) is 30.3. The quantitative estimate of drug-likeness (QED) is 0.416. The second-order valence-corrected chi connectivity index (χ2v) is 14.2. The molecule has 1 aliphatic heterocycles. The molecule has 1 heterocycles. The Morgan fingerprint density at radius 3 is 2.60 bits per heavy atom. The molecule has 9 heteroatoms. The number of nitrogens with one attached hydrogen (secondary N) is 1. The van der Waals surface area contributed by atoms with Crippen molar-refractivity contribution in [3.8, 4) is 0 Å². The average Bonchev–Trinajstić information content (AvgIpc) is 3.41. The first kappa shape index (κ1) is 29.7. The Morgan fingerprint density at radius 2 is 1.91 bits per heavy atom. The summed E-state index contributed by atoms with van der Waals surface area (Å²) < 4.78 is 25.8. The van der Waals surface area contributed by atoms with E-state index in [4.69, 9.17) is 18.9 Å². The number of rotatable bonds is 9. The van der Waals surface area contributed by atoms with Gasteiger partial charge in [-0.3, -0.25) is 9.69 Å². The van der Waals surface area contributed by atoms with Gasteiger partial charge in [0.15, 0.2) is 0 Å². The van der Waals surface area contributed by atoms with Gasteiger partial charge in [-0.15, -0.1) is 0 Å². The fourth-order valence-electron chi connectivity index (χ4n) is 12.1. The molecule has 6 aliphatic rings. The highest BCUT2D eigenvalue weighted by molar-refractivity contribution is 6.00. The largest absolute Gasteiger partial charge is 0.461 e. The van der Waals surface area contributed by atoms with Crippen LogP contribution in [-0.4, -0.2) is 92.4 Å². The van der Waals surface area contributed by atoms with Crippen molar-refractivity contribution >= 4 is 17.6 Å². The third kappa shape index (κ3) is 3.81. The number of piperidine rings is 1. The predicted octanol–water partition coefficient (Wildman–Crippen LogP) is 3.74. The molecule has 0 unspecified atom stereocenters. The number of anilines is 1. The number of ether oxygens (including phenoxy) is 4. The van der Waals surface area contributed by atoms with Gasteiger partial charge in [-0.05, 0) is 63.1 Å². The van der Waals surface area contributed by atoms with E-state index in [0.717, 1.165) is 45.2 Å². The van der Waals surface area contributed by atoms with E-state index in [1.165, 1.54) is 6.92 Å². The topological polar surface area (TPSA) is 107 Å². The summed E-state index contributed by atoms with van der Waals surface area (Å²) in [7, 11) is 3.65. The van der Waals surface area contributed by atoms with E-state index >= 15 is 0 Å². The van der Waals surface area contributed by atoms with Crippen molar-refractivity contribution in [2.45, 2.75) is 82.8 Å². The highest BCUT2D eigenvalue weighted by atomic mass is 16.5. The summed E-state index contributed by atoms with van der Waals surface area (Å²) in [5, 5.41) is 14.7. The van der Waals surface area contributed by atoms with Crippen LogP contribution in [0.1, 0.15) is 63.2 Å². The molecular formula is C34H48N2O7. The Morgan fingerprint density at radius 1 is 1.12 bits per heavy atom. The molecule has 1 spiro atoms. The van der Waals surface area contributed by atoms with Gasteiger partial charge in [0.25, 0.3) is 0 Å². The van der Waals surface area contributed by atoms with Crippen LogP contribution in [0.25, 0.3) is 0 Å². The number of esters is 1. The van der Waals surface area contributed by atoms with Crippen molar-refractivity contribution in [2.24, 2.45) is 40.4 Å². The smallest absolute Gasteiger partial charge is 0.340 e. The minimum Gasteiger partial charge on any atom is -0.461 e. The van der Waals surface area contributed by atoms with Crippen molar-refractivity contribution in [3.05, 3.63) is 29.8 Å². The van der Waals surface area contributed by atoms with Crippen molar-refractivity contribution < 1.29 is 33.6 Å². The average molecular weight is 597 g/mol. The normalized spacial score (nSPS) is 45.6. The summed E-state index contributed by atoms with van der Waals surface area (Å²) in [6, 6.07) is 7.33. The number of nitrogens with zero attached hydrogens (tertiary/aromatic N) is 1. The number of hydrogen-bond acceptors (Lipinski definition) is 8. The number of hydrogen-bond donors (Lipinski definition) is 2. The molecule has 6 fully saturated rings. The van der Waals surface area contributed by atoms with E-state index in [1.54, 1.807) is 31.4 Å². The number of para-hydroxylation sites is 1. The minimum atomic E-state index is -0.458. The maximum atomic E-state index is 13.6. The fourth-order valence-corrected chi connectivity index (χ4v) is 12.1. The standard InChI is InChI=1S/C34H48N2O7/c1-6-36-17-32(18-42-31(39)20-10-8-9-11-24(20)35-19(3)37)13-12-27(41-5)34-22-14-21-25(40-4)16-33(43-7-2,28(22)29(21)38)23(30(34)36)15-26(32)34/h8-11,21-23,25-30,38H,6-7,12-18H2,1-5H3,(H,35,37)/t21-,22-,23+,25+,26-,27+,28-,29+,30-,32+,33+,34-/m1/s1. The van der Waals surface area contributed by atoms with Crippen LogP contribution in [0.4, 0.5) is 5.69 Å². The highest BCUT2D eigenvalue weighted by Crippen LogP contribution is 2.79. The van der Waals surface area contributed by atoms with Crippen LogP contribution >= 0.6 is 0 Å². The lowest BCUT2D eigenvalue weighted by Crippen LogP contribution is -2.76. The van der Waals surface area contributed by atoms with Gasteiger partial charge in [0.05, 0.1) is 41.8 Å². The number of likely N-dealkylation sites (tertiary alicyclic amines) is 1. The van der Waals surface area contributed by atoms with Gasteiger partial charge in [0.1, 0.15) is 0 Å². The number of aliphatic hydroxyl groups is 1. The molecule has 236 valence electrons. The van der Waals surface area contributed by atoms with E-state index in [0.29, 0.717) is 24.5 Å². The molecule has 2 N–H and O–H groups in total. The third-order valence-electron chi connectivity index (χ3n) is 13.1. The van der Waals surface area contributed by atoms with E-state index in [2.05, 4.69) is 24.1 Å². The molecule has 43 heavy (non-hydrogen) atoms. The molecule has 7 bridgehead atoms. The van der Waals surface area contributed by atoms with Crippen LogP contribution in [0.3, 0.4) is 0 Å². The maximum absolute atomic E-state index is 13.6. The molecule has 12 atom stereocenters. The number of aliphatic hydroxyl groups excluding tert-OH is 1. The molecular weight excluding hydrogens is 548 g/mol. The molecule has 1 amide bonds. The number of fused-ring (bicyclic) bond motifs is 2. The summed E-state index contributed by atoms with van der Waals surface area (Å²) in [4.78, 5) is 28.1. The molecule has 1 saturated heterocycles. The van der Waals surface area contributed by atoms with E-state index < -0.39 is 17.7 Å². The summed E-state index contributed by atoms with van der Waals surface area (Å²) in [5.74, 6) is 0.268. The lowest BCUT2D eigenvalue weighted by atomic mass is 9.43. The first-order chi connectivity index (χ1) is 20.7. The number of carbonyl (C=O) groups excluding carboxylic acids is 2. The minimum absolute atomic E-state index is 0.0209. The lowest BCUT2D eigenvalue weighted by molar-refractivity contribution is -0.284. The summed E-state index contributed by atoms with van der Waals surface area (Å²) in [5.41, 5.74) is 0.00610. The molecule has 5 aliphatic carbocycles. The van der Waals surface area contributed by atoms with Crippen molar-refractivity contribution in [1.82, 2.24) is 4.90 Å². The predicted molar refractivity (Wildman–Crippen MR) is 159 cm³/mol. The van der Waals surface area contributed by atoms with E-state index in [-0.39, 0.29) is 64.6 Å². The molecule has 5 saturated carbocycles. The van der Waals surface area contributed by atoms with Crippen LogP contribution in [0.5, 0.6) is 0 Å². The Labute approximate surface area is 254 Å². The van der Waals surface area contributed by atoms with Gasteiger partial charge in [0.2, 0.25) is 5.91 Å². The zero-order valence-electron chi connectivity index (χ0n) is 26.2. The van der Waals surface area contributed by atoms with Crippen LogP contribution in [0.15, 0.2) is 24.3 Å². The molecule has 1 aromatic carbocycles. The number of amides is 1. The maximum Gasteiger partial charge on any atom is 0.340 e. The van der Waals surface area contributed by atoms with Crippen LogP contribution in [0, 0.1) is 40.4 Å². The van der Waals surface area contributed by atoms with Gasteiger partial charge in [-0.1, -0.05) is 19.1 Å². The van der Waals surface area contributed by atoms with Gasteiger partial charge in [-0.2, -0.15) is 0 Å². The van der Waals surface area contributed by atoms with Gasteiger partial charge in [0, 0.05) is 75.3 Å². The van der Waals surface area contributed by atoms with E-state index in [1.807, 2.05) is 7.11 Å². The Hall–Kier alpha value is -2.04. The second kappa shape index (κ2) is 10.5. The summed E-state index contributed by atoms with van der Waals surface area (Å²) in [6.07, 6.45) is 4.13. The van der Waals surface area contributed by atoms with Gasteiger partial charge >= 0.3 is 5.97 Å². The SMILES string of the molecule is CCO[C@]12C[C@H](OC)[C@H]3C[C@H]([C@@H]1[C@H]3O)[C@@]13[C@@H](OC)CC[C@@]4(COC(=O)c5ccccc5NC(C)=O)CN(CC)[C@@H]1[C@@H]2C[C@H]43. The fraction of sp³-hybridized carbons (Fsp3) is 0.765. The Bertz CT molecular complexity index is 1270. The molecule has 0 aromatic heterocycles. The monoisotopic (exact) mass is 596 g/mol. The summed E-state index contributed by atoms with van der Waals surface area (Å²) in [6.45, 7) is 8.46. The summed E-state index contributed by atoms with van der Waals surface area (Å²) >= 11 is 0. The molecule has 7 rings (SSSR count). The first-order valence-electron chi connectivity index (χ1n) is 16.4. The van der Waals surface area contributed by atoms with Gasteiger partial charge in [-0.25, -0.2) is 4.79 Å². The number of methoxy groups -OCH3 is 2. The van der Waals surface area contributed by atoms with Crippen LogP contribution < -0.4 is 5.32 Å².